The van der Waals surface area contributed by atoms with Crippen molar-refractivity contribution in [3.8, 4) is 0 Å². The molecule has 0 saturated carbocycles. The first-order valence-electron chi connectivity index (χ1n) is 7.32. The first-order valence-corrected chi connectivity index (χ1v) is 8.11. The third-order valence-electron chi connectivity index (χ3n) is 4.86. The van der Waals surface area contributed by atoms with Gasteiger partial charge in [0, 0.05) is 28.3 Å². The molecular formula is C16H23BrN2. The van der Waals surface area contributed by atoms with E-state index in [-0.39, 0.29) is 0 Å². The maximum absolute atomic E-state index is 3.68. The van der Waals surface area contributed by atoms with Crippen molar-refractivity contribution >= 4 is 21.6 Å². The molecule has 2 unspecified atom stereocenters. The van der Waals surface area contributed by atoms with Gasteiger partial charge in [-0.25, -0.2) is 0 Å². The number of anilines is 1. The lowest BCUT2D eigenvalue weighted by atomic mass is 9.96. The fraction of sp³-hybridized carbons (Fsp3) is 0.625. The van der Waals surface area contributed by atoms with Gasteiger partial charge in [0.15, 0.2) is 0 Å². The van der Waals surface area contributed by atoms with Crippen LogP contribution in [-0.2, 0) is 0 Å². The van der Waals surface area contributed by atoms with E-state index in [1.54, 1.807) is 0 Å². The molecule has 2 bridgehead atoms. The van der Waals surface area contributed by atoms with Crippen LogP contribution in [0, 0.1) is 13.8 Å². The minimum atomic E-state index is 0.714. The first kappa shape index (κ1) is 13.4. The van der Waals surface area contributed by atoms with Crippen LogP contribution in [0.5, 0.6) is 0 Å². The van der Waals surface area contributed by atoms with Crippen molar-refractivity contribution in [3.63, 3.8) is 0 Å². The largest absolute Gasteiger partial charge is 0.365 e. The summed E-state index contributed by atoms with van der Waals surface area (Å²) < 4.78 is 1.26. The average molecular weight is 323 g/mol. The number of halogens is 1. The molecule has 0 aromatic heterocycles. The summed E-state index contributed by atoms with van der Waals surface area (Å²) in [6.07, 6.45) is 5.30. The molecule has 2 atom stereocenters. The van der Waals surface area contributed by atoms with Gasteiger partial charge in [0.1, 0.15) is 0 Å². The van der Waals surface area contributed by atoms with E-state index in [0.29, 0.717) is 6.04 Å². The molecule has 2 fully saturated rings. The van der Waals surface area contributed by atoms with Crippen molar-refractivity contribution in [1.82, 2.24) is 5.32 Å². The molecule has 2 aliphatic heterocycles. The Labute approximate surface area is 124 Å². The van der Waals surface area contributed by atoms with Gasteiger partial charge in [-0.15, -0.1) is 0 Å². The van der Waals surface area contributed by atoms with E-state index in [2.05, 4.69) is 59.2 Å². The lowest BCUT2D eigenvalue weighted by Crippen LogP contribution is -2.48. The molecule has 2 saturated heterocycles. The maximum Gasteiger partial charge on any atom is 0.0377 e. The van der Waals surface area contributed by atoms with Crippen molar-refractivity contribution < 1.29 is 0 Å². The third kappa shape index (κ3) is 2.31. The lowest BCUT2D eigenvalue weighted by molar-refractivity contribution is 0.374. The highest BCUT2D eigenvalue weighted by Gasteiger charge is 2.40. The zero-order valence-corrected chi connectivity index (χ0v) is 13.6. The van der Waals surface area contributed by atoms with E-state index in [0.717, 1.165) is 12.1 Å². The molecule has 2 heterocycles. The number of nitrogens with zero attached hydrogens (tertiary/aromatic N) is 1. The topological polar surface area (TPSA) is 15.3 Å². The van der Waals surface area contributed by atoms with Crippen LogP contribution in [0.2, 0.25) is 0 Å². The van der Waals surface area contributed by atoms with E-state index in [9.17, 15) is 0 Å². The van der Waals surface area contributed by atoms with Gasteiger partial charge < -0.3 is 10.2 Å². The van der Waals surface area contributed by atoms with Gasteiger partial charge in [0.05, 0.1) is 0 Å². The molecular weight excluding hydrogens is 300 g/mol. The number of fused-ring (bicyclic) bond motifs is 2. The number of piperidine rings is 1. The fourth-order valence-electron chi connectivity index (χ4n) is 3.91. The first-order chi connectivity index (χ1) is 9.10. The summed E-state index contributed by atoms with van der Waals surface area (Å²) in [7, 11) is 2.10. The number of hydrogen-bond acceptors (Lipinski definition) is 2. The molecule has 3 rings (SSSR count). The Kier molecular flexibility index (Phi) is 3.61. The number of nitrogens with one attached hydrogen (secondary N) is 1. The standard InChI is InChI=1S/C16H23BrN2/c1-10-6-15(7-11(2)16(10)17)19-13-4-5-14(19)9-12(8-13)18-3/h6-7,12-14,18H,4-5,8-9H2,1-3H3. The predicted molar refractivity (Wildman–Crippen MR) is 85.0 cm³/mol. The van der Waals surface area contributed by atoms with Gasteiger partial charge in [0.2, 0.25) is 0 Å². The molecule has 2 aliphatic rings. The van der Waals surface area contributed by atoms with Crippen LogP contribution in [0.3, 0.4) is 0 Å². The van der Waals surface area contributed by atoms with Gasteiger partial charge in [-0.1, -0.05) is 15.9 Å². The summed E-state index contributed by atoms with van der Waals surface area (Å²) in [4.78, 5) is 2.69. The Morgan fingerprint density at radius 1 is 1.11 bits per heavy atom. The summed E-state index contributed by atoms with van der Waals surface area (Å²) in [5, 5.41) is 3.47. The molecule has 0 radical (unpaired) electrons. The number of aryl methyl sites for hydroxylation is 2. The van der Waals surface area contributed by atoms with Crippen LogP contribution in [0.1, 0.15) is 36.8 Å². The van der Waals surface area contributed by atoms with Crippen LogP contribution < -0.4 is 10.2 Å². The molecule has 0 spiro atoms. The zero-order chi connectivity index (χ0) is 13.6. The van der Waals surface area contributed by atoms with E-state index in [1.807, 2.05) is 0 Å². The second-order valence-corrected chi connectivity index (χ2v) is 6.94. The SMILES string of the molecule is CNC1CC2CCC(C1)N2c1cc(C)c(Br)c(C)c1. The second kappa shape index (κ2) is 5.10. The Morgan fingerprint density at radius 2 is 1.63 bits per heavy atom. The van der Waals surface area contributed by atoms with Crippen molar-refractivity contribution in [2.24, 2.45) is 0 Å². The minimum absolute atomic E-state index is 0.714. The van der Waals surface area contributed by atoms with E-state index in [4.69, 9.17) is 0 Å². The summed E-state index contributed by atoms with van der Waals surface area (Å²) in [6, 6.07) is 6.88. The van der Waals surface area contributed by atoms with Crippen molar-refractivity contribution in [2.45, 2.75) is 57.7 Å². The monoisotopic (exact) mass is 322 g/mol. The highest BCUT2D eigenvalue weighted by atomic mass is 79.9. The van der Waals surface area contributed by atoms with Gasteiger partial charge in [-0.2, -0.15) is 0 Å². The minimum Gasteiger partial charge on any atom is -0.365 e. The zero-order valence-electron chi connectivity index (χ0n) is 12.0. The quantitative estimate of drug-likeness (QED) is 0.891. The number of benzene rings is 1. The number of rotatable bonds is 2. The van der Waals surface area contributed by atoms with Crippen LogP contribution in [0.25, 0.3) is 0 Å². The molecule has 0 aliphatic carbocycles. The maximum atomic E-state index is 3.68. The van der Waals surface area contributed by atoms with Gasteiger partial charge >= 0.3 is 0 Å². The van der Waals surface area contributed by atoms with E-state index >= 15 is 0 Å². The lowest BCUT2D eigenvalue weighted by Gasteiger charge is -2.41. The highest BCUT2D eigenvalue weighted by molar-refractivity contribution is 9.10. The van der Waals surface area contributed by atoms with Gasteiger partial charge in [-0.3, -0.25) is 0 Å². The molecule has 1 aromatic rings. The van der Waals surface area contributed by atoms with Crippen LogP contribution in [-0.4, -0.2) is 25.2 Å². The van der Waals surface area contributed by atoms with Crippen LogP contribution in [0.15, 0.2) is 16.6 Å². The molecule has 0 amide bonds. The van der Waals surface area contributed by atoms with Gasteiger partial charge in [0.25, 0.3) is 0 Å². The van der Waals surface area contributed by atoms with Crippen molar-refractivity contribution in [2.75, 3.05) is 11.9 Å². The molecule has 19 heavy (non-hydrogen) atoms. The molecule has 1 N–H and O–H groups in total. The molecule has 3 heteroatoms. The Morgan fingerprint density at radius 3 is 2.11 bits per heavy atom. The summed E-state index contributed by atoms with van der Waals surface area (Å²) in [5.74, 6) is 0. The molecule has 1 aromatic carbocycles. The fourth-order valence-corrected chi connectivity index (χ4v) is 4.14. The van der Waals surface area contributed by atoms with Crippen LogP contribution in [0.4, 0.5) is 5.69 Å². The van der Waals surface area contributed by atoms with Gasteiger partial charge in [-0.05, 0) is 69.8 Å². The Hall–Kier alpha value is -0.540. The van der Waals surface area contributed by atoms with Crippen LogP contribution >= 0.6 is 15.9 Å². The van der Waals surface area contributed by atoms with Crippen molar-refractivity contribution in [3.05, 3.63) is 27.7 Å². The molecule has 2 nitrogen and oxygen atoms in total. The second-order valence-electron chi connectivity index (χ2n) is 6.14. The highest BCUT2D eigenvalue weighted by Crippen LogP contribution is 2.40. The summed E-state index contributed by atoms with van der Waals surface area (Å²) in [5.41, 5.74) is 4.13. The van der Waals surface area contributed by atoms with Crippen molar-refractivity contribution in [1.29, 1.82) is 0 Å². The van der Waals surface area contributed by atoms with E-state index in [1.165, 1.54) is 47.0 Å². The predicted octanol–water partition coefficient (Wildman–Crippen LogP) is 3.79. The normalized spacial score (nSPS) is 29.9. The summed E-state index contributed by atoms with van der Waals surface area (Å²) >= 11 is 3.68. The smallest absolute Gasteiger partial charge is 0.0377 e. The van der Waals surface area contributed by atoms with E-state index < -0.39 is 0 Å². The average Bonchev–Trinajstić information content (AvgIpc) is 2.66. The third-order valence-corrected chi connectivity index (χ3v) is 6.11. The Bertz CT molecular complexity index is 449. The number of hydrogen-bond donors (Lipinski definition) is 1. The molecule has 104 valence electrons. The summed E-state index contributed by atoms with van der Waals surface area (Å²) in [6.45, 7) is 4.39. The Balaban J connectivity index is 1.91.